The number of carbonyl (C=O) groups is 1. The topological polar surface area (TPSA) is 89.9 Å². The molecule has 0 bridgehead atoms. The third kappa shape index (κ3) is 3.61. The van der Waals surface area contributed by atoms with Crippen LogP contribution in [0, 0.1) is 6.92 Å². The normalized spacial score (nSPS) is 17.5. The first-order chi connectivity index (χ1) is 11.6. The van der Waals surface area contributed by atoms with Gasteiger partial charge in [-0.15, -0.1) is 11.6 Å². The fraction of sp³-hybridized carbons (Fsp3) is 0.625. The second-order valence-corrected chi connectivity index (χ2v) is 5.94. The monoisotopic (exact) mass is 352 g/mol. The summed E-state index contributed by atoms with van der Waals surface area (Å²) >= 11 is 5.67. The van der Waals surface area contributed by atoms with Gasteiger partial charge in [0, 0.05) is 25.4 Å². The Morgan fingerprint density at radius 1 is 1.42 bits per heavy atom. The molecule has 1 aliphatic heterocycles. The molecule has 2 N–H and O–H groups in total. The molecule has 1 aliphatic rings. The lowest BCUT2D eigenvalue weighted by molar-refractivity contribution is -0.132. The molecular weight excluding hydrogens is 328 g/mol. The van der Waals surface area contributed by atoms with E-state index in [2.05, 4.69) is 15.1 Å². The number of piperidine rings is 1. The molecule has 0 radical (unpaired) electrons. The van der Waals surface area contributed by atoms with Crippen molar-refractivity contribution in [1.82, 2.24) is 24.6 Å². The summed E-state index contributed by atoms with van der Waals surface area (Å²) in [4.78, 5) is 22.3. The number of nitrogens with zero attached hydrogens (tertiary/aromatic N) is 5. The Kier molecular flexibility index (Phi) is 6.36. The zero-order valence-corrected chi connectivity index (χ0v) is 15.3. The van der Waals surface area contributed by atoms with Crippen LogP contribution >= 0.6 is 11.6 Å². The molecule has 2 aromatic rings. The van der Waals surface area contributed by atoms with Crippen LogP contribution in [0.3, 0.4) is 0 Å². The molecule has 1 unspecified atom stereocenters. The average molecular weight is 353 g/mol. The summed E-state index contributed by atoms with van der Waals surface area (Å²) in [7, 11) is 0. The molecule has 1 amide bonds. The van der Waals surface area contributed by atoms with E-state index >= 15 is 0 Å². The fourth-order valence-corrected chi connectivity index (χ4v) is 3.21. The second kappa shape index (κ2) is 8.28. The number of rotatable bonds is 3. The van der Waals surface area contributed by atoms with Crippen LogP contribution in [0.5, 0.6) is 0 Å². The number of aryl methyl sites for hydroxylation is 1. The first-order valence-electron chi connectivity index (χ1n) is 8.41. The van der Waals surface area contributed by atoms with Gasteiger partial charge in [-0.3, -0.25) is 4.79 Å². The fourth-order valence-electron chi connectivity index (χ4n) is 3.04. The summed E-state index contributed by atoms with van der Waals surface area (Å²) in [6, 6.07) is 0.110. The highest BCUT2D eigenvalue weighted by Crippen LogP contribution is 2.28. The van der Waals surface area contributed by atoms with Crippen LogP contribution in [0.15, 0.2) is 6.33 Å². The molecule has 0 saturated carbocycles. The Morgan fingerprint density at radius 3 is 2.88 bits per heavy atom. The molecule has 1 saturated heterocycles. The van der Waals surface area contributed by atoms with Gasteiger partial charge in [0.15, 0.2) is 5.65 Å². The minimum absolute atomic E-state index is 0.0991. The Bertz CT molecular complexity index is 701. The van der Waals surface area contributed by atoms with E-state index in [0.29, 0.717) is 24.7 Å². The predicted molar refractivity (Wildman–Crippen MR) is 96.0 cm³/mol. The molecular formula is C16H25ClN6O. The van der Waals surface area contributed by atoms with E-state index < -0.39 is 0 Å². The standard InChI is InChI=1S/C14H19ClN6O.C2H6/c1-9-12-13(16)17-8-18-14(12)21(19-9)10-3-2-6-20(7-10)11(22)4-5-15;1-2/h8,10H,2-7H2,1H3,(H2,16,17,18);1-2H3. The minimum Gasteiger partial charge on any atom is -0.383 e. The number of hydrogen-bond acceptors (Lipinski definition) is 5. The van der Waals surface area contributed by atoms with Crippen molar-refractivity contribution in [3.8, 4) is 0 Å². The highest BCUT2D eigenvalue weighted by molar-refractivity contribution is 6.18. The predicted octanol–water partition coefficient (Wildman–Crippen LogP) is 2.54. The van der Waals surface area contributed by atoms with Gasteiger partial charge in [0.1, 0.15) is 12.1 Å². The van der Waals surface area contributed by atoms with Crippen LogP contribution in [-0.2, 0) is 4.79 Å². The van der Waals surface area contributed by atoms with Gasteiger partial charge in [0.05, 0.1) is 17.1 Å². The van der Waals surface area contributed by atoms with Gasteiger partial charge in [-0.2, -0.15) is 5.10 Å². The third-order valence-electron chi connectivity index (χ3n) is 4.10. The number of halogens is 1. The highest BCUT2D eigenvalue weighted by Gasteiger charge is 2.27. The van der Waals surface area contributed by atoms with Crippen molar-refractivity contribution in [3.05, 3.63) is 12.0 Å². The number of nitrogen functional groups attached to an aromatic ring is 1. The number of likely N-dealkylation sites (tertiary alicyclic amines) is 1. The van der Waals surface area contributed by atoms with Crippen LogP contribution in [0.1, 0.15) is 44.8 Å². The van der Waals surface area contributed by atoms with Crippen LogP contribution in [-0.4, -0.2) is 49.5 Å². The van der Waals surface area contributed by atoms with Crippen molar-refractivity contribution >= 4 is 34.4 Å². The number of anilines is 1. The lowest BCUT2D eigenvalue weighted by atomic mass is 10.1. The number of carbonyl (C=O) groups excluding carboxylic acids is 1. The molecule has 1 fully saturated rings. The summed E-state index contributed by atoms with van der Waals surface area (Å²) in [5, 5.41) is 5.38. The molecule has 0 aliphatic carbocycles. The van der Waals surface area contributed by atoms with Gasteiger partial charge < -0.3 is 10.6 Å². The Labute approximate surface area is 147 Å². The zero-order valence-electron chi connectivity index (χ0n) is 14.5. The van der Waals surface area contributed by atoms with Crippen molar-refractivity contribution in [1.29, 1.82) is 0 Å². The SMILES string of the molecule is CC.Cc1nn(C2CCCN(C(=O)CCCl)C2)c2ncnc(N)c12. The molecule has 2 aromatic heterocycles. The van der Waals surface area contributed by atoms with E-state index in [1.165, 1.54) is 6.33 Å². The Balaban J connectivity index is 0.00000100. The van der Waals surface area contributed by atoms with Gasteiger partial charge in [-0.25, -0.2) is 14.6 Å². The smallest absolute Gasteiger partial charge is 0.223 e. The van der Waals surface area contributed by atoms with Crippen LogP contribution < -0.4 is 5.73 Å². The maximum atomic E-state index is 12.1. The van der Waals surface area contributed by atoms with Crippen LogP contribution in [0.4, 0.5) is 5.82 Å². The number of hydrogen-bond donors (Lipinski definition) is 1. The zero-order chi connectivity index (χ0) is 17.7. The summed E-state index contributed by atoms with van der Waals surface area (Å²) < 4.78 is 1.89. The number of nitrogens with two attached hydrogens (primary N) is 1. The van der Waals surface area contributed by atoms with Gasteiger partial charge in [0.25, 0.3) is 0 Å². The number of fused-ring (bicyclic) bond motifs is 1. The van der Waals surface area contributed by atoms with Crippen molar-refractivity contribution < 1.29 is 4.79 Å². The number of alkyl halides is 1. The third-order valence-corrected chi connectivity index (χ3v) is 4.29. The Hall–Kier alpha value is -1.89. The van der Waals surface area contributed by atoms with Crippen molar-refractivity contribution in [2.75, 3.05) is 24.7 Å². The van der Waals surface area contributed by atoms with E-state index in [4.69, 9.17) is 17.3 Å². The first kappa shape index (κ1) is 18.4. The van der Waals surface area contributed by atoms with Crippen molar-refractivity contribution in [3.63, 3.8) is 0 Å². The van der Waals surface area contributed by atoms with E-state index in [1.54, 1.807) is 0 Å². The van der Waals surface area contributed by atoms with Gasteiger partial charge in [0.2, 0.25) is 5.91 Å². The maximum Gasteiger partial charge on any atom is 0.223 e. The lowest BCUT2D eigenvalue weighted by Crippen LogP contribution is -2.41. The molecule has 7 nitrogen and oxygen atoms in total. The summed E-state index contributed by atoms with van der Waals surface area (Å²) in [5.74, 6) is 0.898. The molecule has 0 spiro atoms. The molecule has 132 valence electrons. The summed E-state index contributed by atoms with van der Waals surface area (Å²) in [5.41, 5.74) is 7.49. The molecule has 3 heterocycles. The van der Waals surface area contributed by atoms with Crippen molar-refractivity contribution in [2.45, 2.75) is 46.1 Å². The lowest BCUT2D eigenvalue weighted by Gasteiger charge is -2.33. The van der Waals surface area contributed by atoms with Crippen LogP contribution in [0.25, 0.3) is 11.0 Å². The Morgan fingerprint density at radius 2 is 2.17 bits per heavy atom. The quantitative estimate of drug-likeness (QED) is 0.857. The first-order valence-corrected chi connectivity index (χ1v) is 8.94. The second-order valence-electron chi connectivity index (χ2n) is 5.56. The average Bonchev–Trinajstić information content (AvgIpc) is 2.95. The van der Waals surface area contributed by atoms with Gasteiger partial charge >= 0.3 is 0 Å². The van der Waals surface area contributed by atoms with Gasteiger partial charge in [-0.05, 0) is 19.8 Å². The highest BCUT2D eigenvalue weighted by atomic mass is 35.5. The van der Waals surface area contributed by atoms with Crippen molar-refractivity contribution in [2.24, 2.45) is 0 Å². The maximum absolute atomic E-state index is 12.1. The summed E-state index contributed by atoms with van der Waals surface area (Å²) in [6.07, 6.45) is 3.74. The molecule has 24 heavy (non-hydrogen) atoms. The summed E-state index contributed by atoms with van der Waals surface area (Å²) in [6.45, 7) is 7.31. The van der Waals surface area contributed by atoms with E-state index in [9.17, 15) is 4.79 Å². The van der Waals surface area contributed by atoms with Gasteiger partial charge in [-0.1, -0.05) is 13.8 Å². The number of amides is 1. The minimum atomic E-state index is 0.0991. The molecule has 3 rings (SSSR count). The molecule has 1 atom stereocenters. The largest absolute Gasteiger partial charge is 0.383 e. The molecule has 8 heteroatoms. The van der Waals surface area contributed by atoms with E-state index in [1.807, 2.05) is 30.4 Å². The molecule has 0 aromatic carbocycles. The number of aromatic nitrogens is 4. The van der Waals surface area contributed by atoms with Crippen LogP contribution in [0.2, 0.25) is 0 Å². The van der Waals surface area contributed by atoms with E-state index in [0.717, 1.165) is 36.1 Å². The van der Waals surface area contributed by atoms with E-state index in [-0.39, 0.29) is 11.9 Å².